The van der Waals surface area contributed by atoms with Crippen molar-refractivity contribution in [3.05, 3.63) is 95.6 Å². The highest BCUT2D eigenvalue weighted by Gasteiger charge is 2.29. The average Bonchev–Trinajstić information content (AvgIpc) is 2.72. The Balaban J connectivity index is 1.70. The Kier molecular flexibility index (Phi) is 5.64. The molecule has 5 heteroatoms. The van der Waals surface area contributed by atoms with Crippen LogP contribution in [0.3, 0.4) is 0 Å². The summed E-state index contributed by atoms with van der Waals surface area (Å²) < 4.78 is 43.0. The third-order valence-electron chi connectivity index (χ3n) is 4.26. The molecule has 0 aliphatic rings. The summed E-state index contributed by atoms with van der Waals surface area (Å²) >= 11 is 0. The Morgan fingerprint density at radius 1 is 0.821 bits per heavy atom. The first kappa shape index (κ1) is 19.4. The first-order valence-electron chi connectivity index (χ1n) is 8.51. The van der Waals surface area contributed by atoms with Crippen LogP contribution in [0.5, 0.6) is 5.75 Å². The maximum absolute atomic E-state index is 12.6. The van der Waals surface area contributed by atoms with E-state index >= 15 is 0 Å². The molecule has 0 saturated heterocycles. The van der Waals surface area contributed by atoms with Gasteiger partial charge in [-0.2, -0.15) is 13.2 Å². The number of hydrogen-bond donors (Lipinski definition) is 0. The summed E-state index contributed by atoms with van der Waals surface area (Å²) in [6.45, 7) is 0. The highest BCUT2D eigenvalue weighted by molar-refractivity contribution is 6.06. The zero-order chi connectivity index (χ0) is 20.1. The van der Waals surface area contributed by atoms with Gasteiger partial charge in [-0.1, -0.05) is 42.5 Å². The van der Waals surface area contributed by atoms with Gasteiger partial charge in [0.15, 0.2) is 5.78 Å². The molecule has 0 atom stereocenters. The molecular weight excluding hydrogens is 365 g/mol. The van der Waals surface area contributed by atoms with E-state index < -0.39 is 11.7 Å². The van der Waals surface area contributed by atoms with E-state index in [2.05, 4.69) is 0 Å². The van der Waals surface area contributed by atoms with Crippen molar-refractivity contribution in [1.82, 2.24) is 0 Å². The van der Waals surface area contributed by atoms with Gasteiger partial charge in [0.2, 0.25) is 0 Å². The number of ether oxygens (including phenoxy) is 1. The summed E-state index contributed by atoms with van der Waals surface area (Å²) in [5.41, 5.74) is 2.19. The molecule has 0 saturated carbocycles. The number of alkyl halides is 3. The lowest BCUT2D eigenvalue weighted by atomic mass is 10.0. The van der Waals surface area contributed by atoms with E-state index in [9.17, 15) is 18.0 Å². The zero-order valence-electron chi connectivity index (χ0n) is 15.0. The summed E-state index contributed by atoms with van der Waals surface area (Å²) in [5.74, 6) is 0.550. The van der Waals surface area contributed by atoms with Crippen molar-refractivity contribution >= 4 is 11.9 Å². The molecular formula is C23H17F3O2. The summed E-state index contributed by atoms with van der Waals surface area (Å²) in [5, 5.41) is 0. The minimum Gasteiger partial charge on any atom is -0.497 e. The minimum atomic E-state index is -4.34. The molecule has 28 heavy (non-hydrogen) atoms. The largest absolute Gasteiger partial charge is 0.497 e. The van der Waals surface area contributed by atoms with Crippen molar-refractivity contribution in [2.75, 3.05) is 7.11 Å². The van der Waals surface area contributed by atoms with Gasteiger partial charge < -0.3 is 4.74 Å². The number of hydrogen-bond acceptors (Lipinski definition) is 2. The standard InChI is InChI=1S/C23H17F3O2/c1-28-21-13-9-19(10-14-21)22(27)15-4-16-2-5-17(6-3-16)18-7-11-20(12-8-18)23(24,25)26/h2-15H,1H3/b15-4+. The minimum absolute atomic E-state index is 0.130. The molecule has 0 amide bonds. The van der Waals surface area contributed by atoms with E-state index in [1.807, 2.05) is 12.1 Å². The molecule has 0 fully saturated rings. The van der Waals surface area contributed by atoms with Gasteiger partial charge in [0, 0.05) is 5.56 Å². The number of halogens is 3. The molecule has 0 radical (unpaired) electrons. The number of allylic oxidation sites excluding steroid dienone is 1. The van der Waals surface area contributed by atoms with Gasteiger partial charge in [0.25, 0.3) is 0 Å². The average molecular weight is 382 g/mol. The van der Waals surface area contributed by atoms with Crippen molar-refractivity contribution < 1.29 is 22.7 Å². The molecule has 142 valence electrons. The summed E-state index contributed by atoms with van der Waals surface area (Å²) in [7, 11) is 1.56. The third kappa shape index (κ3) is 4.68. The second kappa shape index (κ2) is 8.13. The van der Waals surface area contributed by atoms with Crippen LogP contribution in [-0.4, -0.2) is 12.9 Å². The third-order valence-corrected chi connectivity index (χ3v) is 4.26. The highest BCUT2D eigenvalue weighted by Crippen LogP contribution is 2.31. The van der Waals surface area contributed by atoms with Crippen LogP contribution in [0.2, 0.25) is 0 Å². The first-order valence-corrected chi connectivity index (χ1v) is 8.51. The fourth-order valence-corrected chi connectivity index (χ4v) is 2.66. The predicted molar refractivity (Wildman–Crippen MR) is 103 cm³/mol. The normalized spacial score (nSPS) is 11.6. The SMILES string of the molecule is COc1ccc(C(=O)/C=C/c2ccc(-c3ccc(C(F)(F)F)cc3)cc2)cc1. The molecule has 3 aromatic carbocycles. The van der Waals surface area contributed by atoms with Crippen LogP contribution in [0.25, 0.3) is 17.2 Å². The molecule has 0 bridgehead atoms. The van der Waals surface area contributed by atoms with Crippen LogP contribution in [-0.2, 0) is 6.18 Å². The Morgan fingerprint density at radius 3 is 1.86 bits per heavy atom. The monoisotopic (exact) mass is 382 g/mol. The zero-order valence-corrected chi connectivity index (χ0v) is 15.0. The van der Waals surface area contributed by atoms with Gasteiger partial charge in [0.05, 0.1) is 12.7 Å². The fraction of sp³-hybridized carbons (Fsp3) is 0.0870. The van der Waals surface area contributed by atoms with Gasteiger partial charge >= 0.3 is 6.18 Å². The smallest absolute Gasteiger partial charge is 0.416 e. The number of carbonyl (C=O) groups is 1. The number of methoxy groups -OCH3 is 1. The highest BCUT2D eigenvalue weighted by atomic mass is 19.4. The second-order valence-electron chi connectivity index (χ2n) is 6.12. The van der Waals surface area contributed by atoms with Crippen molar-refractivity contribution in [2.24, 2.45) is 0 Å². The van der Waals surface area contributed by atoms with E-state index in [4.69, 9.17) is 4.74 Å². The van der Waals surface area contributed by atoms with Crippen molar-refractivity contribution in [3.8, 4) is 16.9 Å². The van der Waals surface area contributed by atoms with Crippen LogP contribution in [0.1, 0.15) is 21.5 Å². The number of rotatable bonds is 5. The van der Waals surface area contributed by atoms with E-state index in [1.165, 1.54) is 18.2 Å². The Hall–Kier alpha value is -3.34. The molecule has 2 nitrogen and oxygen atoms in total. The van der Waals surface area contributed by atoms with Crippen LogP contribution in [0, 0.1) is 0 Å². The summed E-state index contributed by atoms with van der Waals surface area (Å²) in [6.07, 6.45) is -1.17. The molecule has 0 heterocycles. The molecule has 0 unspecified atom stereocenters. The maximum atomic E-state index is 12.6. The number of ketones is 1. The Morgan fingerprint density at radius 2 is 1.36 bits per heavy atom. The van der Waals surface area contributed by atoms with Gasteiger partial charge in [0.1, 0.15) is 5.75 Å². The van der Waals surface area contributed by atoms with E-state index in [1.54, 1.807) is 49.6 Å². The van der Waals surface area contributed by atoms with Gasteiger partial charge in [-0.25, -0.2) is 0 Å². The lowest BCUT2D eigenvalue weighted by Gasteiger charge is -2.08. The maximum Gasteiger partial charge on any atom is 0.416 e. The number of benzene rings is 3. The van der Waals surface area contributed by atoms with Crippen LogP contribution in [0.15, 0.2) is 78.9 Å². The van der Waals surface area contributed by atoms with Crippen molar-refractivity contribution in [3.63, 3.8) is 0 Å². The molecule has 3 aromatic rings. The molecule has 0 aliphatic heterocycles. The summed E-state index contributed by atoms with van der Waals surface area (Å²) in [6, 6.07) is 19.1. The molecule has 0 aromatic heterocycles. The van der Waals surface area contributed by atoms with Crippen LogP contribution < -0.4 is 4.74 Å². The molecule has 0 aliphatic carbocycles. The van der Waals surface area contributed by atoms with Gasteiger partial charge in [-0.15, -0.1) is 0 Å². The van der Waals surface area contributed by atoms with Crippen LogP contribution >= 0.6 is 0 Å². The first-order chi connectivity index (χ1) is 13.4. The Labute approximate surface area is 160 Å². The van der Waals surface area contributed by atoms with Crippen LogP contribution in [0.4, 0.5) is 13.2 Å². The van der Waals surface area contributed by atoms with Gasteiger partial charge in [-0.3, -0.25) is 4.79 Å². The summed E-state index contributed by atoms with van der Waals surface area (Å²) in [4.78, 5) is 12.2. The van der Waals surface area contributed by atoms with E-state index in [-0.39, 0.29) is 5.78 Å². The lowest BCUT2D eigenvalue weighted by Crippen LogP contribution is -2.03. The topological polar surface area (TPSA) is 26.3 Å². The second-order valence-corrected chi connectivity index (χ2v) is 6.12. The number of carbonyl (C=O) groups excluding carboxylic acids is 1. The molecule has 0 spiro atoms. The Bertz CT molecular complexity index is 968. The lowest BCUT2D eigenvalue weighted by molar-refractivity contribution is -0.137. The van der Waals surface area contributed by atoms with Crippen molar-refractivity contribution in [1.29, 1.82) is 0 Å². The quantitative estimate of drug-likeness (QED) is 0.384. The van der Waals surface area contributed by atoms with E-state index in [0.717, 1.165) is 23.3 Å². The van der Waals surface area contributed by atoms with Crippen molar-refractivity contribution in [2.45, 2.75) is 6.18 Å². The molecule has 3 rings (SSSR count). The predicted octanol–water partition coefficient (Wildman–Crippen LogP) is 6.28. The van der Waals surface area contributed by atoms with E-state index in [0.29, 0.717) is 16.9 Å². The molecule has 0 N–H and O–H groups in total. The van der Waals surface area contributed by atoms with Gasteiger partial charge in [-0.05, 0) is 59.2 Å². The fourth-order valence-electron chi connectivity index (χ4n) is 2.66.